The molecule has 0 saturated carbocycles. The van der Waals surface area contributed by atoms with Crippen LogP contribution in [0.5, 0.6) is 0 Å². The summed E-state index contributed by atoms with van der Waals surface area (Å²) in [4.78, 5) is 43.8. The zero-order valence-electron chi connectivity index (χ0n) is 19.8. The van der Waals surface area contributed by atoms with Crippen LogP contribution in [0.4, 0.5) is 20.2 Å². The minimum Gasteiger partial charge on any atom is -0.323 e. The summed E-state index contributed by atoms with van der Waals surface area (Å²) < 4.78 is 30.0. The van der Waals surface area contributed by atoms with Crippen molar-refractivity contribution >= 4 is 75.5 Å². The molecule has 2 N–H and O–H groups in total. The summed E-state index contributed by atoms with van der Waals surface area (Å²) in [6, 6.07) is 5.82. The summed E-state index contributed by atoms with van der Waals surface area (Å²) in [5.41, 5.74) is -1.69. The van der Waals surface area contributed by atoms with Gasteiger partial charge in [-0.25, -0.2) is 13.8 Å². The maximum atomic E-state index is 15.0. The van der Waals surface area contributed by atoms with Crippen molar-refractivity contribution in [1.82, 2.24) is 9.96 Å². The lowest BCUT2D eigenvalue weighted by Gasteiger charge is -2.37. The first-order valence-electron chi connectivity index (χ1n) is 11.3. The van der Waals surface area contributed by atoms with Gasteiger partial charge in [-0.2, -0.15) is 0 Å². The van der Waals surface area contributed by atoms with Gasteiger partial charge in [-0.1, -0.05) is 46.4 Å². The van der Waals surface area contributed by atoms with Crippen LogP contribution in [-0.4, -0.2) is 65.5 Å². The van der Waals surface area contributed by atoms with Gasteiger partial charge in [-0.05, 0) is 30.3 Å². The van der Waals surface area contributed by atoms with E-state index in [1.54, 1.807) is 0 Å². The molecule has 8 nitrogen and oxygen atoms in total. The predicted octanol–water partition coefficient (Wildman–Crippen LogP) is 4.91. The Morgan fingerprint density at radius 2 is 1.63 bits per heavy atom. The van der Waals surface area contributed by atoms with Crippen LogP contribution in [0.1, 0.15) is 12.0 Å². The number of alkyl halides is 2. The molecule has 2 aromatic rings. The SMILES string of the molecule is CN(O)C(=O)[C@H]1[C@@H](C(=O)N(C)c2cc(Cl)cc(Cl)c2)[C@H]2CC(F)(F)CN2[C@]12C(=O)Nc1c(Cl)cc(Cl)cc12. The Balaban J connectivity index is 1.75. The van der Waals surface area contributed by atoms with E-state index in [-0.39, 0.29) is 42.1 Å². The molecular formula is C24H20Cl4F2N4O4. The molecule has 14 heteroatoms. The Morgan fingerprint density at radius 3 is 2.24 bits per heavy atom. The van der Waals surface area contributed by atoms with Gasteiger partial charge < -0.3 is 10.2 Å². The molecule has 2 saturated heterocycles. The largest absolute Gasteiger partial charge is 0.323 e. The van der Waals surface area contributed by atoms with Crippen LogP contribution in [-0.2, 0) is 19.9 Å². The second-order valence-electron chi connectivity index (χ2n) is 9.68. The third kappa shape index (κ3) is 3.96. The number of hydroxylamine groups is 2. The quantitative estimate of drug-likeness (QED) is 0.382. The first-order valence-corrected chi connectivity index (χ1v) is 12.9. The Hall–Kier alpha value is -2.21. The summed E-state index contributed by atoms with van der Waals surface area (Å²) in [5.74, 6) is -8.97. The third-order valence-corrected chi connectivity index (χ3v) is 8.42. The number of benzene rings is 2. The highest BCUT2D eigenvalue weighted by Gasteiger charge is 2.74. The molecule has 3 amide bonds. The van der Waals surface area contributed by atoms with E-state index >= 15 is 0 Å². The number of carbonyl (C=O) groups excluding carboxylic acids is 3. The number of nitrogens with one attached hydrogen (secondary N) is 1. The number of fused-ring (bicyclic) bond motifs is 4. The zero-order chi connectivity index (χ0) is 27.9. The topological polar surface area (TPSA) is 93.2 Å². The monoisotopic (exact) mass is 606 g/mol. The van der Waals surface area contributed by atoms with Gasteiger partial charge in [0.15, 0.2) is 0 Å². The van der Waals surface area contributed by atoms with E-state index in [0.717, 1.165) is 11.9 Å². The van der Waals surface area contributed by atoms with E-state index in [1.807, 2.05) is 0 Å². The molecule has 0 radical (unpaired) electrons. The molecule has 5 rings (SSSR count). The maximum absolute atomic E-state index is 15.0. The van der Waals surface area contributed by atoms with E-state index in [0.29, 0.717) is 0 Å². The average Bonchev–Trinajstić information content (AvgIpc) is 3.37. The summed E-state index contributed by atoms with van der Waals surface area (Å²) in [6.45, 7) is -0.913. The van der Waals surface area contributed by atoms with E-state index in [2.05, 4.69) is 5.32 Å². The van der Waals surface area contributed by atoms with E-state index in [9.17, 15) is 28.4 Å². The maximum Gasteiger partial charge on any atom is 0.262 e. The molecule has 4 atom stereocenters. The summed E-state index contributed by atoms with van der Waals surface area (Å²) in [6.07, 6.45) is -0.800. The van der Waals surface area contributed by atoms with Crippen LogP contribution in [0.15, 0.2) is 30.3 Å². The van der Waals surface area contributed by atoms with Crippen LogP contribution < -0.4 is 10.2 Å². The first-order chi connectivity index (χ1) is 17.7. The number of hydrogen-bond acceptors (Lipinski definition) is 5. The van der Waals surface area contributed by atoms with E-state index in [4.69, 9.17) is 46.4 Å². The molecule has 1 spiro atoms. The Bertz CT molecular complexity index is 1370. The highest BCUT2D eigenvalue weighted by atomic mass is 35.5. The fourth-order valence-corrected chi connectivity index (χ4v) is 7.12. The minimum atomic E-state index is -3.28. The molecule has 3 heterocycles. The normalized spacial score (nSPS) is 27.3. The minimum absolute atomic E-state index is 0.0317. The fraction of sp³-hybridized carbons (Fsp3) is 0.375. The smallest absolute Gasteiger partial charge is 0.262 e. The number of halogens is 6. The third-order valence-electron chi connectivity index (χ3n) is 7.47. The van der Waals surface area contributed by atoms with Crippen molar-refractivity contribution in [3.05, 3.63) is 56.0 Å². The predicted molar refractivity (Wildman–Crippen MR) is 138 cm³/mol. The number of carbonyl (C=O) groups is 3. The standard InChI is InChI=1S/C24H20Cl4F2N4O4/c1-32(13-4-10(25)3-11(26)5-13)20(35)17-16-8-23(29,30)9-34(16)24(18(17)21(36)33(2)38)14-6-12(27)7-15(28)19(14)31-22(24)37/h3-7,16-18,38H,8-9H2,1-2H3,(H,31,37)/t16-,17+,18-,24+/m1/s1. The fourth-order valence-electron chi connectivity index (χ4n) is 6.07. The lowest BCUT2D eigenvalue weighted by Crippen LogP contribution is -2.56. The number of nitrogens with zero attached hydrogens (tertiary/aromatic N) is 3. The molecule has 2 aromatic carbocycles. The molecule has 2 fully saturated rings. The summed E-state index contributed by atoms with van der Waals surface area (Å²) >= 11 is 24.8. The Labute approximate surface area is 235 Å². The summed E-state index contributed by atoms with van der Waals surface area (Å²) in [5, 5.41) is 13.7. The van der Waals surface area contributed by atoms with Crippen molar-refractivity contribution in [2.75, 3.05) is 30.9 Å². The van der Waals surface area contributed by atoms with Crippen LogP contribution >= 0.6 is 46.4 Å². The van der Waals surface area contributed by atoms with E-state index in [1.165, 1.54) is 42.3 Å². The molecule has 3 aliphatic heterocycles. The second kappa shape index (κ2) is 9.18. The van der Waals surface area contributed by atoms with Gasteiger partial charge in [0.05, 0.1) is 29.1 Å². The molecule has 0 bridgehead atoms. The Morgan fingerprint density at radius 1 is 1.03 bits per heavy atom. The highest BCUT2D eigenvalue weighted by Crippen LogP contribution is 2.61. The highest BCUT2D eigenvalue weighted by molar-refractivity contribution is 6.38. The van der Waals surface area contributed by atoms with Gasteiger partial charge in [0.1, 0.15) is 5.54 Å². The lowest BCUT2D eigenvalue weighted by atomic mass is 9.72. The van der Waals surface area contributed by atoms with Crippen LogP contribution in [0.2, 0.25) is 20.1 Å². The van der Waals surface area contributed by atoms with Crippen molar-refractivity contribution < 1.29 is 28.4 Å². The van der Waals surface area contributed by atoms with Crippen molar-refractivity contribution in [2.45, 2.75) is 23.9 Å². The van der Waals surface area contributed by atoms with E-state index < -0.39 is 60.0 Å². The van der Waals surface area contributed by atoms with Gasteiger partial charge in [-0.15, -0.1) is 0 Å². The van der Waals surface area contributed by atoms with Crippen LogP contribution in [0.25, 0.3) is 0 Å². The second-order valence-corrected chi connectivity index (χ2v) is 11.4. The number of anilines is 2. The summed E-state index contributed by atoms with van der Waals surface area (Å²) in [7, 11) is 2.42. The molecule has 0 aromatic heterocycles. The lowest BCUT2D eigenvalue weighted by molar-refractivity contribution is -0.171. The van der Waals surface area contributed by atoms with Crippen molar-refractivity contribution in [2.24, 2.45) is 11.8 Å². The average molecular weight is 608 g/mol. The van der Waals surface area contributed by atoms with Gasteiger partial charge >= 0.3 is 0 Å². The zero-order valence-corrected chi connectivity index (χ0v) is 22.8. The van der Waals surface area contributed by atoms with Crippen LogP contribution in [0.3, 0.4) is 0 Å². The molecule has 3 aliphatic rings. The van der Waals surface area contributed by atoms with Crippen LogP contribution in [0, 0.1) is 11.8 Å². The number of hydrogen-bond donors (Lipinski definition) is 2. The molecule has 0 unspecified atom stereocenters. The van der Waals surface area contributed by atoms with Crippen molar-refractivity contribution in [3.63, 3.8) is 0 Å². The molecular weight excluding hydrogens is 588 g/mol. The molecule has 202 valence electrons. The number of amides is 3. The molecule has 38 heavy (non-hydrogen) atoms. The van der Waals surface area contributed by atoms with Gasteiger partial charge in [0.2, 0.25) is 5.91 Å². The van der Waals surface area contributed by atoms with Gasteiger partial charge in [-0.3, -0.25) is 24.5 Å². The van der Waals surface area contributed by atoms with Crippen molar-refractivity contribution in [3.8, 4) is 0 Å². The first kappa shape index (κ1) is 27.4. The molecule has 0 aliphatic carbocycles. The van der Waals surface area contributed by atoms with Crippen molar-refractivity contribution in [1.29, 1.82) is 0 Å². The van der Waals surface area contributed by atoms with Gasteiger partial charge in [0, 0.05) is 52.9 Å². The Kier molecular flexibility index (Phi) is 6.61. The van der Waals surface area contributed by atoms with Gasteiger partial charge in [0.25, 0.3) is 17.7 Å². The number of rotatable bonds is 3.